The Kier molecular flexibility index (Phi) is 9.02. The summed E-state index contributed by atoms with van der Waals surface area (Å²) in [6, 6.07) is 0. The Labute approximate surface area is 93.2 Å². The van der Waals surface area contributed by atoms with Crippen molar-refractivity contribution in [3.8, 4) is 0 Å². The number of thiol groups is 1. The van der Waals surface area contributed by atoms with Crippen LogP contribution in [0.15, 0.2) is 0 Å². The minimum Gasteiger partial charge on any atom is -0.301 e. The summed E-state index contributed by atoms with van der Waals surface area (Å²) in [5.41, 5.74) is 0. The lowest BCUT2D eigenvalue weighted by Gasteiger charge is -2.06. The van der Waals surface area contributed by atoms with Crippen molar-refractivity contribution in [1.82, 2.24) is 0 Å². The quantitative estimate of drug-likeness (QED) is 0.588. The van der Waals surface area contributed by atoms with Crippen LogP contribution in [-0.2, 0) is 33.0 Å². The smallest absolute Gasteiger partial charge is 0.0820 e. The van der Waals surface area contributed by atoms with Gasteiger partial charge >= 0.3 is 0 Å². The van der Waals surface area contributed by atoms with Crippen molar-refractivity contribution < 1.29 is 4.18 Å². The zero-order chi connectivity index (χ0) is 8.74. The molecule has 0 aliphatic rings. The fourth-order valence-corrected chi connectivity index (χ4v) is 11.1. The van der Waals surface area contributed by atoms with E-state index in [1.54, 1.807) is 0 Å². The highest BCUT2D eigenvalue weighted by Gasteiger charge is 2.02. The van der Waals surface area contributed by atoms with Gasteiger partial charge in [-0.25, -0.2) is 0 Å². The van der Waals surface area contributed by atoms with Gasteiger partial charge in [0.2, 0.25) is 0 Å². The van der Waals surface area contributed by atoms with Crippen molar-refractivity contribution in [3.63, 3.8) is 0 Å². The summed E-state index contributed by atoms with van der Waals surface area (Å²) in [4.78, 5) is 0. The molecule has 0 aromatic heterocycles. The summed E-state index contributed by atoms with van der Waals surface area (Å²) >= 11 is 14.0. The summed E-state index contributed by atoms with van der Waals surface area (Å²) in [5, 5.41) is 0. The lowest BCUT2D eigenvalue weighted by atomic mass is 10.5. The van der Waals surface area contributed by atoms with Crippen LogP contribution in [0.25, 0.3) is 0 Å². The molecule has 0 saturated carbocycles. The van der Waals surface area contributed by atoms with Gasteiger partial charge in [-0.3, -0.25) is 0 Å². The molecule has 0 atom stereocenters. The Balaban J connectivity index is 3.63. The molecule has 0 rings (SSSR count). The van der Waals surface area contributed by atoms with Crippen LogP contribution in [0.2, 0.25) is 0 Å². The predicted molar refractivity (Wildman–Crippen MR) is 70.1 cm³/mol. The first-order chi connectivity index (χ1) is 5.12. The minimum atomic E-state index is -1.73. The molecule has 0 fully saturated rings. The summed E-state index contributed by atoms with van der Waals surface area (Å²) in [5.74, 6) is 0. The van der Waals surface area contributed by atoms with E-state index in [0.717, 1.165) is 6.42 Å². The van der Waals surface area contributed by atoms with Crippen LogP contribution in [0, 0.1) is 0 Å². The zero-order valence-electron chi connectivity index (χ0n) is 5.72. The molecule has 0 amide bonds. The van der Waals surface area contributed by atoms with Crippen LogP contribution in [0.1, 0.15) is 13.3 Å². The molecular formula is C3H8OS7. The standard InChI is InChI=1S/C3H8OS7/c1-2-3-4-11(6,7)10-9-8-5/h5H,2-3H2,1H3. The molecule has 0 aliphatic heterocycles. The Morgan fingerprint density at radius 2 is 2.18 bits per heavy atom. The molecule has 0 radical (unpaired) electrons. The van der Waals surface area contributed by atoms with E-state index in [1.807, 2.05) is 6.92 Å². The lowest BCUT2D eigenvalue weighted by Crippen LogP contribution is -1.96. The summed E-state index contributed by atoms with van der Waals surface area (Å²) < 4.78 is 5.29. The van der Waals surface area contributed by atoms with E-state index in [1.165, 1.54) is 29.5 Å². The topological polar surface area (TPSA) is 9.23 Å². The summed E-state index contributed by atoms with van der Waals surface area (Å²) in [7, 11) is 4.22. The Hall–Kier alpha value is 2.15. The van der Waals surface area contributed by atoms with Crippen LogP contribution in [0.3, 0.4) is 0 Å². The van der Waals surface area contributed by atoms with Crippen molar-refractivity contribution >= 4 is 70.0 Å². The maximum absolute atomic E-state index is 5.29. The van der Waals surface area contributed by atoms with Gasteiger partial charge in [0.05, 0.1) is 13.1 Å². The molecule has 11 heavy (non-hydrogen) atoms. The zero-order valence-corrected chi connectivity index (χ0v) is 11.5. The molecular weight excluding hydrogens is 277 g/mol. The molecule has 0 aromatic rings. The van der Waals surface area contributed by atoms with Gasteiger partial charge < -0.3 is 4.18 Å². The van der Waals surface area contributed by atoms with Crippen molar-refractivity contribution in [1.29, 1.82) is 0 Å². The molecule has 0 spiro atoms. The third-order valence-corrected chi connectivity index (χ3v) is 11.7. The van der Waals surface area contributed by atoms with E-state index >= 15 is 0 Å². The van der Waals surface area contributed by atoms with Gasteiger partial charge in [0, 0.05) is 19.7 Å². The minimum absolute atomic E-state index is 0.660. The molecule has 68 valence electrons. The molecule has 0 saturated heterocycles. The molecule has 0 N–H and O–H groups in total. The highest BCUT2D eigenvalue weighted by molar-refractivity contribution is 9.37. The molecule has 0 aliphatic carbocycles. The average Bonchev–Trinajstić information content (AvgIpc) is 1.97. The number of rotatable bonds is 6. The highest BCUT2D eigenvalue weighted by atomic mass is 33.9. The maximum atomic E-state index is 5.29. The van der Waals surface area contributed by atoms with Crippen LogP contribution in [0.4, 0.5) is 0 Å². The van der Waals surface area contributed by atoms with E-state index in [0.29, 0.717) is 6.61 Å². The molecule has 0 aromatic carbocycles. The monoisotopic (exact) mass is 284 g/mol. The summed E-state index contributed by atoms with van der Waals surface area (Å²) in [6.07, 6.45) is 0.960. The average molecular weight is 285 g/mol. The van der Waals surface area contributed by atoms with Gasteiger partial charge in [0.25, 0.3) is 0 Å². The second-order valence-corrected chi connectivity index (χ2v) is 14.1. The molecule has 0 unspecified atom stereocenters. The largest absolute Gasteiger partial charge is 0.301 e. The van der Waals surface area contributed by atoms with Crippen LogP contribution >= 0.6 is 41.1 Å². The second-order valence-electron chi connectivity index (χ2n) is 1.44. The molecule has 8 heteroatoms. The second kappa shape index (κ2) is 7.54. The number of hydrogen-bond donors (Lipinski definition) is 1. The van der Waals surface area contributed by atoms with E-state index < -0.39 is 6.46 Å². The van der Waals surface area contributed by atoms with Crippen molar-refractivity contribution in [3.05, 3.63) is 0 Å². The fraction of sp³-hybridized carbons (Fsp3) is 1.00. The SMILES string of the molecule is CCCOS(=S)(=S)SSSS. The fourth-order valence-electron chi connectivity index (χ4n) is 0.251. The molecule has 1 nitrogen and oxygen atoms in total. The first-order valence-electron chi connectivity index (χ1n) is 2.68. The van der Waals surface area contributed by atoms with Crippen LogP contribution < -0.4 is 0 Å². The van der Waals surface area contributed by atoms with Gasteiger partial charge in [0.1, 0.15) is 0 Å². The first kappa shape index (κ1) is 13.2. The van der Waals surface area contributed by atoms with E-state index in [4.69, 9.17) is 26.6 Å². The molecule has 0 bridgehead atoms. The normalized spacial score (nSPS) is 11.8. The predicted octanol–water partition coefficient (Wildman–Crippen LogP) is 3.20. The van der Waals surface area contributed by atoms with Crippen LogP contribution in [-0.4, -0.2) is 6.61 Å². The Morgan fingerprint density at radius 3 is 2.64 bits per heavy atom. The van der Waals surface area contributed by atoms with Gasteiger partial charge in [-0.1, -0.05) is 18.6 Å². The third-order valence-electron chi connectivity index (χ3n) is 0.573. The lowest BCUT2D eigenvalue weighted by molar-refractivity contribution is 0.374. The van der Waals surface area contributed by atoms with Gasteiger partial charge in [-0.2, -0.15) is 0 Å². The van der Waals surface area contributed by atoms with Gasteiger partial charge in [-0.15, -0.1) is 0 Å². The van der Waals surface area contributed by atoms with Gasteiger partial charge in [-0.05, 0) is 38.6 Å². The van der Waals surface area contributed by atoms with Crippen molar-refractivity contribution in [2.75, 3.05) is 6.61 Å². The van der Waals surface area contributed by atoms with E-state index in [9.17, 15) is 0 Å². The van der Waals surface area contributed by atoms with Crippen LogP contribution in [0.5, 0.6) is 0 Å². The maximum Gasteiger partial charge on any atom is 0.0820 e. The van der Waals surface area contributed by atoms with Crippen molar-refractivity contribution in [2.24, 2.45) is 0 Å². The van der Waals surface area contributed by atoms with E-state index in [2.05, 4.69) is 11.7 Å². The Morgan fingerprint density at radius 1 is 1.55 bits per heavy atom. The first-order valence-corrected chi connectivity index (χ1v) is 11.1. The Bertz CT molecular complexity index is 158. The highest BCUT2D eigenvalue weighted by Crippen LogP contribution is 2.41. The number of hydrogen-bond acceptors (Lipinski definition) is 7. The van der Waals surface area contributed by atoms with E-state index in [-0.39, 0.29) is 0 Å². The molecule has 0 heterocycles. The third kappa shape index (κ3) is 8.48. The summed E-state index contributed by atoms with van der Waals surface area (Å²) in [6.45, 7) is 0.964. The van der Waals surface area contributed by atoms with Crippen molar-refractivity contribution in [2.45, 2.75) is 13.3 Å². The van der Waals surface area contributed by atoms with Gasteiger partial charge in [0.15, 0.2) is 0 Å².